The number of aromatic nitrogens is 2. The molecule has 0 atom stereocenters. The molecule has 0 saturated carbocycles. The molecule has 1 aromatic carbocycles. The topological polar surface area (TPSA) is 82.1 Å². The summed E-state index contributed by atoms with van der Waals surface area (Å²) < 4.78 is 2.66. The van der Waals surface area contributed by atoms with Crippen LogP contribution in [-0.4, -0.2) is 22.2 Å². The zero-order chi connectivity index (χ0) is 16.8. The third-order valence-electron chi connectivity index (χ3n) is 3.98. The summed E-state index contributed by atoms with van der Waals surface area (Å²) in [6.07, 6.45) is 2.53. The maximum Gasteiger partial charge on any atom is 0.330 e. The van der Waals surface area contributed by atoms with Gasteiger partial charge in [0.25, 0.3) is 5.56 Å². The summed E-state index contributed by atoms with van der Waals surface area (Å²) in [5.74, 6) is 0. The van der Waals surface area contributed by atoms with Crippen molar-refractivity contribution in [3.05, 3.63) is 62.4 Å². The number of benzene rings is 1. The van der Waals surface area contributed by atoms with Crippen molar-refractivity contribution in [3.8, 4) is 0 Å². The molecule has 0 aliphatic carbocycles. The van der Waals surface area contributed by atoms with Gasteiger partial charge in [-0.3, -0.25) is 9.36 Å². The summed E-state index contributed by atoms with van der Waals surface area (Å²) in [4.78, 5) is 23.5. The molecule has 0 amide bonds. The summed E-state index contributed by atoms with van der Waals surface area (Å²) in [6, 6.07) is 9.42. The highest BCUT2D eigenvalue weighted by Crippen LogP contribution is 2.05. The van der Waals surface area contributed by atoms with Crippen LogP contribution in [0.4, 0.5) is 5.69 Å². The van der Waals surface area contributed by atoms with Crippen LogP contribution in [0.25, 0.3) is 0 Å². The van der Waals surface area contributed by atoms with Crippen LogP contribution in [0.1, 0.15) is 17.7 Å². The Morgan fingerprint density at radius 3 is 2.39 bits per heavy atom. The fraction of sp³-hybridized carbons (Fsp3) is 0.412. The minimum atomic E-state index is -0.274. The summed E-state index contributed by atoms with van der Waals surface area (Å²) in [6.45, 7) is 1.73. The lowest BCUT2D eigenvalue weighted by molar-refractivity contribution is 0.606. The number of aryl methyl sites for hydroxylation is 1. The zero-order valence-corrected chi connectivity index (χ0v) is 13.7. The molecule has 124 valence electrons. The summed E-state index contributed by atoms with van der Waals surface area (Å²) in [5, 5.41) is 3.38. The van der Waals surface area contributed by atoms with Crippen molar-refractivity contribution < 1.29 is 0 Å². The number of hydrogen-bond donors (Lipinski definition) is 2. The second-order valence-corrected chi connectivity index (χ2v) is 5.72. The molecule has 3 N–H and O–H groups in total. The van der Waals surface area contributed by atoms with E-state index in [9.17, 15) is 9.59 Å². The first-order valence-corrected chi connectivity index (χ1v) is 7.80. The molecule has 0 aliphatic rings. The lowest BCUT2D eigenvalue weighted by Gasteiger charge is -2.10. The second-order valence-electron chi connectivity index (χ2n) is 5.72. The van der Waals surface area contributed by atoms with Gasteiger partial charge in [0.1, 0.15) is 0 Å². The Morgan fingerprint density at radius 2 is 1.70 bits per heavy atom. The fourth-order valence-corrected chi connectivity index (χ4v) is 2.45. The number of nitrogens with two attached hydrogens (primary N) is 1. The van der Waals surface area contributed by atoms with Crippen molar-refractivity contribution in [2.75, 3.05) is 18.8 Å². The van der Waals surface area contributed by atoms with E-state index in [1.807, 2.05) is 24.3 Å². The molecule has 2 rings (SSSR count). The maximum absolute atomic E-state index is 11.8. The van der Waals surface area contributed by atoms with Gasteiger partial charge in [0, 0.05) is 31.5 Å². The van der Waals surface area contributed by atoms with E-state index in [0.29, 0.717) is 6.42 Å². The van der Waals surface area contributed by atoms with Crippen LogP contribution in [0.5, 0.6) is 0 Å². The Kier molecular flexibility index (Phi) is 5.76. The van der Waals surface area contributed by atoms with Crippen LogP contribution in [0.2, 0.25) is 0 Å². The van der Waals surface area contributed by atoms with E-state index in [4.69, 9.17) is 5.73 Å². The van der Waals surface area contributed by atoms with Crippen LogP contribution in [0, 0.1) is 0 Å². The largest absolute Gasteiger partial charge is 0.399 e. The van der Waals surface area contributed by atoms with Crippen molar-refractivity contribution in [1.82, 2.24) is 14.5 Å². The molecule has 0 spiro atoms. The molecule has 1 heterocycles. The molecule has 0 saturated heterocycles. The quantitative estimate of drug-likeness (QED) is 0.573. The average Bonchev–Trinajstić information content (AvgIpc) is 2.55. The van der Waals surface area contributed by atoms with E-state index in [-0.39, 0.29) is 11.2 Å². The van der Waals surface area contributed by atoms with Gasteiger partial charge in [-0.15, -0.1) is 0 Å². The fourth-order valence-electron chi connectivity index (χ4n) is 2.45. The third kappa shape index (κ3) is 4.56. The summed E-state index contributed by atoms with van der Waals surface area (Å²) in [7, 11) is 3.19. The normalized spacial score (nSPS) is 10.9. The lowest BCUT2D eigenvalue weighted by Crippen LogP contribution is -2.38. The molecule has 0 radical (unpaired) electrons. The smallest absolute Gasteiger partial charge is 0.330 e. The summed E-state index contributed by atoms with van der Waals surface area (Å²) >= 11 is 0. The van der Waals surface area contributed by atoms with Gasteiger partial charge in [0.05, 0.1) is 0 Å². The molecule has 0 aliphatic heterocycles. The SMILES string of the molecule is Cn1c(CCCNCCc2ccc(N)cc2)cc(=O)n(C)c1=O. The van der Waals surface area contributed by atoms with Crippen LogP contribution >= 0.6 is 0 Å². The molecule has 6 heteroatoms. The van der Waals surface area contributed by atoms with Crippen molar-refractivity contribution in [2.45, 2.75) is 19.3 Å². The molecule has 23 heavy (non-hydrogen) atoms. The first-order chi connectivity index (χ1) is 11.0. The highest BCUT2D eigenvalue weighted by Gasteiger charge is 2.05. The predicted octanol–water partition coefficient (Wildman–Crippen LogP) is 0.431. The summed E-state index contributed by atoms with van der Waals surface area (Å²) in [5.41, 5.74) is 7.94. The minimum Gasteiger partial charge on any atom is -0.399 e. The first kappa shape index (κ1) is 17.0. The third-order valence-corrected chi connectivity index (χ3v) is 3.98. The molecule has 1 aromatic heterocycles. The van der Waals surface area contributed by atoms with E-state index < -0.39 is 0 Å². The number of nitrogens with one attached hydrogen (secondary N) is 1. The number of nitrogen functional groups attached to an aromatic ring is 1. The van der Waals surface area contributed by atoms with E-state index in [1.165, 1.54) is 23.2 Å². The Bertz CT molecular complexity index is 760. The Morgan fingerprint density at radius 1 is 1.00 bits per heavy atom. The number of nitrogens with zero attached hydrogens (tertiary/aromatic N) is 2. The van der Waals surface area contributed by atoms with Crippen molar-refractivity contribution >= 4 is 5.69 Å². The molecule has 0 bridgehead atoms. The number of hydrogen-bond acceptors (Lipinski definition) is 4. The van der Waals surface area contributed by atoms with E-state index in [1.54, 1.807) is 7.05 Å². The van der Waals surface area contributed by atoms with Gasteiger partial charge < -0.3 is 15.6 Å². The van der Waals surface area contributed by atoms with E-state index in [2.05, 4.69) is 5.32 Å². The van der Waals surface area contributed by atoms with Gasteiger partial charge in [-0.25, -0.2) is 4.79 Å². The number of rotatable bonds is 7. The molecular formula is C17H24N4O2. The number of anilines is 1. The van der Waals surface area contributed by atoms with Crippen molar-refractivity contribution in [2.24, 2.45) is 14.1 Å². The predicted molar refractivity (Wildman–Crippen MR) is 92.7 cm³/mol. The second kappa shape index (κ2) is 7.78. The average molecular weight is 316 g/mol. The zero-order valence-electron chi connectivity index (χ0n) is 13.7. The van der Waals surface area contributed by atoms with Crippen LogP contribution in [-0.2, 0) is 26.9 Å². The Hall–Kier alpha value is -2.34. The van der Waals surface area contributed by atoms with Gasteiger partial charge in [-0.05, 0) is 50.0 Å². The molecular weight excluding hydrogens is 292 g/mol. The molecule has 0 fully saturated rings. The standard InChI is InChI=1S/C17H24N4O2/c1-20-15(12-16(22)21(2)17(20)23)4-3-10-19-11-9-13-5-7-14(18)8-6-13/h5-8,12,19H,3-4,9-11,18H2,1-2H3. The first-order valence-electron chi connectivity index (χ1n) is 7.80. The highest BCUT2D eigenvalue weighted by atomic mass is 16.2. The van der Waals surface area contributed by atoms with Gasteiger partial charge >= 0.3 is 5.69 Å². The lowest BCUT2D eigenvalue weighted by atomic mass is 10.1. The Labute approximate surface area is 135 Å². The monoisotopic (exact) mass is 316 g/mol. The van der Waals surface area contributed by atoms with Crippen molar-refractivity contribution in [3.63, 3.8) is 0 Å². The Balaban J connectivity index is 1.75. The van der Waals surface area contributed by atoms with Crippen molar-refractivity contribution in [1.29, 1.82) is 0 Å². The van der Waals surface area contributed by atoms with Gasteiger partial charge in [0.15, 0.2) is 0 Å². The van der Waals surface area contributed by atoms with Crippen LogP contribution in [0.3, 0.4) is 0 Å². The van der Waals surface area contributed by atoms with Crippen LogP contribution in [0.15, 0.2) is 39.9 Å². The minimum absolute atomic E-state index is 0.251. The molecule has 2 aromatic rings. The van der Waals surface area contributed by atoms with Gasteiger partial charge in [0.2, 0.25) is 0 Å². The molecule has 6 nitrogen and oxygen atoms in total. The maximum atomic E-state index is 11.8. The van der Waals surface area contributed by atoms with E-state index in [0.717, 1.165) is 41.9 Å². The van der Waals surface area contributed by atoms with E-state index >= 15 is 0 Å². The van der Waals surface area contributed by atoms with Crippen LogP contribution < -0.4 is 22.3 Å². The van der Waals surface area contributed by atoms with Gasteiger partial charge in [-0.2, -0.15) is 0 Å². The van der Waals surface area contributed by atoms with Gasteiger partial charge in [-0.1, -0.05) is 12.1 Å². The highest BCUT2D eigenvalue weighted by molar-refractivity contribution is 5.39. The molecule has 0 unspecified atom stereocenters.